The van der Waals surface area contributed by atoms with Crippen LogP contribution in [0.2, 0.25) is 0 Å². The molecule has 0 radical (unpaired) electrons. The summed E-state index contributed by atoms with van der Waals surface area (Å²) in [5, 5.41) is 16.9. The summed E-state index contributed by atoms with van der Waals surface area (Å²) < 4.78 is 9.26. The number of thioether (sulfide) groups is 1. The Morgan fingerprint density at radius 2 is 1.84 bits per heavy atom. The standard InChI is InChI=1S/C21H27N7O2S/c1-14-5-7-17(8-6-14)28-20(27-9-11-30-12-10-27)23-24-21(28)31-13-18(29)22-19-15(2)25-26(4)16(19)3/h5-8H,9-13H2,1-4H3,(H,22,29). The number of aromatic nitrogens is 5. The number of nitrogens with one attached hydrogen (secondary N) is 1. The fourth-order valence-corrected chi connectivity index (χ4v) is 4.25. The zero-order valence-corrected chi connectivity index (χ0v) is 19.1. The van der Waals surface area contributed by atoms with Gasteiger partial charge in [0.25, 0.3) is 0 Å². The van der Waals surface area contributed by atoms with Crippen LogP contribution in [0.25, 0.3) is 5.69 Å². The van der Waals surface area contributed by atoms with E-state index in [1.54, 1.807) is 4.68 Å². The minimum Gasteiger partial charge on any atom is -0.378 e. The van der Waals surface area contributed by atoms with E-state index in [4.69, 9.17) is 4.74 Å². The molecule has 1 aliphatic rings. The van der Waals surface area contributed by atoms with Gasteiger partial charge >= 0.3 is 0 Å². The van der Waals surface area contributed by atoms with Crippen LogP contribution in [0.3, 0.4) is 0 Å². The van der Waals surface area contributed by atoms with Gasteiger partial charge in [0.15, 0.2) is 5.16 Å². The SMILES string of the molecule is Cc1ccc(-n2c(SCC(=O)Nc3c(C)nn(C)c3C)nnc2N2CCOCC2)cc1. The van der Waals surface area contributed by atoms with E-state index in [0.717, 1.165) is 41.8 Å². The van der Waals surface area contributed by atoms with Crippen LogP contribution in [-0.2, 0) is 16.6 Å². The van der Waals surface area contributed by atoms with E-state index in [0.29, 0.717) is 18.4 Å². The van der Waals surface area contributed by atoms with E-state index in [9.17, 15) is 4.79 Å². The number of anilines is 2. The predicted molar refractivity (Wildman–Crippen MR) is 121 cm³/mol. The molecule has 4 rings (SSSR count). The van der Waals surface area contributed by atoms with Gasteiger partial charge in [-0.2, -0.15) is 5.10 Å². The summed E-state index contributed by atoms with van der Waals surface area (Å²) in [7, 11) is 1.87. The highest BCUT2D eigenvalue weighted by molar-refractivity contribution is 7.99. The number of carbonyl (C=O) groups is 1. The van der Waals surface area contributed by atoms with Crippen molar-refractivity contribution < 1.29 is 9.53 Å². The Balaban J connectivity index is 1.55. The van der Waals surface area contributed by atoms with E-state index in [-0.39, 0.29) is 11.7 Å². The van der Waals surface area contributed by atoms with Gasteiger partial charge in [0.1, 0.15) is 0 Å². The molecule has 1 aliphatic heterocycles. The van der Waals surface area contributed by atoms with Crippen molar-refractivity contribution in [2.75, 3.05) is 42.3 Å². The van der Waals surface area contributed by atoms with Crippen LogP contribution in [0.1, 0.15) is 17.0 Å². The molecular weight excluding hydrogens is 414 g/mol. The van der Waals surface area contributed by atoms with Gasteiger partial charge in [0.2, 0.25) is 11.9 Å². The first kappa shape index (κ1) is 21.4. The van der Waals surface area contributed by atoms with Crippen LogP contribution < -0.4 is 10.2 Å². The van der Waals surface area contributed by atoms with E-state index < -0.39 is 0 Å². The zero-order valence-electron chi connectivity index (χ0n) is 18.3. The minimum absolute atomic E-state index is 0.101. The number of morpholine rings is 1. The van der Waals surface area contributed by atoms with Gasteiger partial charge in [-0.05, 0) is 32.9 Å². The molecule has 0 aliphatic carbocycles. The molecule has 1 aromatic carbocycles. The van der Waals surface area contributed by atoms with Gasteiger partial charge in [0.05, 0.1) is 41.7 Å². The van der Waals surface area contributed by atoms with Gasteiger partial charge < -0.3 is 15.0 Å². The van der Waals surface area contributed by atoms with E-state index in [2.05, 4.69) is 56.7 Å². The maximum atomic E-state index is 12.6. The number of carbonyl (C=O) groups excluding carboxylic acids is 1. The van der Waals surface area contributed by atoms with E-state index in [1.165, 1.54) is 17.3 Å². The number of aryl methyl sites for hydroxylation is 3. The second kappa shape index (κ2) is 9.11. The van der Waals surface area contributed by atoms with Crippen molar-refractivity contribution >= 4 is 29.3 Å². The Bertz CT molecular complexity index is 1070. The lowest BCUT2D eigenvalue weighted by molar-refractivity contribution is -0.113. The summed E-state index contributed by atoms with van der Waals surface area (Å²) in [5.74, 6) is 0.894. The molecule has 31 heavy (non-hydrogen) atoms. The molecule has 0 atom stereocenters. The molecule has 0 saturated carbocycles. The zero-order chi connectivity index (χ0) is 22.0. The lowest BCUT2D eigenvalue weighted by Gasteiger charge is -2.27. The highest BCUT2D eigenvalue weighted by Crippen LogP contribution is 2.28. The van der Waals surface area contributed by atoms with Gasteiger partial charge in [-0.1, -0.05) is 29.5 Å². The first-order valence-corrected chi connectivity index (χ1v) is 11.2. The van der Waals surface area contributed by atoms with Crippen molar-refractivity contribution in [2.24, 2.45) is 7.05 Å². The summed E-state index contributed by atoms with van der Waals surface area (Å²) in [6, 6.07) is 8.23. The molecule has 1 fully saturated rings. The highest BCUT2D eigenvalue weighted by atomic mass is 32.2. The topological polar surface area (TPSA) is 90.1 Å². The second-order valence-corrected chi connectivity index (χ2v) is 8.50. The largest absolute Gasteiger partial charge is 0.378 e. The van der Waals surface area contributed by atoms with Gasteiger partial charge in [-0.15, -0.1) is 10.2 Å². The number of benzene rings is 1. The third-order valence-corrected chi connectivity index (χ3v) is 6.24. The van der Waals surface area contributed by atoms with Crippen molar-refractivity contribution in [2.45, 2.75) is 25.9 Å². The van der Waals surface area contributed by atoms with E-state index in [1.807, 2.05) is 25.5 Å². The number of rotatable bonds is 6. The molecule has 0 bridgehead atoms. The van der Waals surface area contributed by atoms with Crippen LogP contribution in [0.4, 0.5) is 11.6 Å². The monoisotopic (exact) mass is 441 g/mol. The van der Waals surface area contributed by atoms with Crippen molar-refractivity contribution in [3.8, 4) is 5.69 Å². The first-order chi connectivity index (χ1) is 14.9. The third kappa shape index (κ3) is 4.59. The molecule has 3 heterocycles. The van der Waals surface area contributed by atoms with Crippen LogP contribution in [0, 0.1) is 20.8 Å². The van der Waals surface area contributed by atoms with Crippen molar-refractivity contribution in [1.29, 1.82) is 0 Å². The number of ether oxygens (including phenoxy) is 1. The van der Waals surface area contributed by atoms with Crippen LogP contribution >= 0.6 is 11.8 Å². The van der Waals surface area contributed by atoms with Crippen LogP contribution in [-0.4, -0.2) is 62.5 Å². The molecule has 3 aromatic rings. The number of amides is 1. The molecule has 10 heteroatoms. The van der Waals surface area contributed by atoms with Crippen molar-refractivity contribution in [3.05, 3.63) is 41.2 Å². The summed E-state index contributed by atoms with van der Waals surface area (Å²) in [6.07, 6.45) is 0. The molecular formula is C21H27N7O2S. The molecule has 9 nitrogen and oxygen atoms in total. The van der Waals surface area contributed by atoms with Crippen LogP contribution in [0.15, 0.2) is 29.4 Å². The fourth-order valence-electron chi connectivity index (χ4n) is 3.50. The predicted octanol–water partition coefficient (Wildman–Crippen LogP) is 2.49. The highest BCUT2D eigenvalue weighted by Gasteiger charge is 2.22. The Morgan fingerprint density at radius 3 is 2.48 bits per heavy atom. The normalized spacial score (nSPS) is 14.1. The van der Waals surface area contributed by atoms with Gasteiger partial charge in [0, 0.05) is 20.1 Å². The molecule has 0 spiro atoms. The van der Waals surface area contributed by atoms with Crippen LogP contribution in [0.5, 0.6) is 0 Å². The summed E-state index contributed by atoms with van der Waals surface area (Å²) in [6.45, 7) is 8.72. The first-order valence-electron chi connectivity index (χ1n) is 10.2. The Kier molecular flexibility index (Phi) is 6.28. The summed E-state index contributed by atoms with van der Waals surface area (Å²) in [4.78, 5) is 14.8. The quantitative estimate of drug-likeness (QED) is 0.588. The smallest absolute Gasteiger partial charge is 0.234 e. The molecule has 164 valence electrons. The molecule has 2 aromatic heterocycles. The average molecular weight is 442 g/mol. The lowest BCUT2D eigenvalue weighted by Crippen LogP contribution is -2.37. The number of hydrogen-bond donors (Lipinski definition) is 1. The lowest BCUT2D eigenvalue weighted by atomic mass is 10.2. The third-order valence-electron chi connectivity index (χ3n) is 5.31. The number of nitrogens with zero attached hydrogens (tertiary/aromatic N) is 6. The molecule has 1 N–H and O–H groups in total. The minimum atomic E-state index is -0.101. The Labute approximate surface area is 185 Å². The molecule has 1 saturated heterocycles. The molecule has 0 unspecified atom stereocenters. The Hall–Kier alpha value is -2.85. The summed E-state index contributed by atoms with van der Waals surface area (Å²) in [5.41, 5.74) is 4.64. The maximum Gasteiger partial charge on any atom is 0.234 e. The van der Waals surface area contributed by atoms with Crippen molar-refractivity contribution in [3.63, 3.8) is 0 Å². The average Bonchev–Trinajstić information content (AvgIpc) is 3.30. The van der Waals surface area contributed by atoms with Gasteiger partial charge in [-0.3, -0.25) is 14.0 Å². The second-order valence-electron chi connectivity index (χ2n) is 7.56. The van der Waals surface area contributed by atoms with Gasteiger partial charge in [-0.25, -0.2) is 0 Å². The molecule has 1 amide bonds. The van der Waals surface area contributed by atoms with E-state index >= 15 is 0 Å². The summed E-state index contributed by atoms with van der Waals surface area (Å²) >= 11 is 1.37. The Morgan fingerprint density at radius 1 is 1.13 bits per heavy atom. The fraction of sp³-hybridized carbons (Fsp3) is 0.429. The van der Waals surface area contributed by atoms with Crippen molar-refractivity contribution in [1.82, 2.24) is 24.5 Å². The number of hydrogen-bond acceptors (Lipinski definition) is 7. The maximum absolute atomic E-state index is 12.6.